The van der Waals surface area contributed by atoms with E-state index in [-0.39, 0.29) is 13.0 Å². The lowest BCUT2D eigenvalue weighted by Crippen LogP contribution is -2.61. The van der Waals surface area contributed by atoms with Gasteiger partial charge in [0.15, 0.2) is 12.4 Å². The lowest BCUT2D eigenvalue weighted by molar-refractivity contribution is -0.305. The first-order chi connectivity index (χ1) is 38.7. The van der Waals surface area contributed by atoms with E-state index in [1.165, 1.54) is 135 Å². The quantitative estimate of drug-likeness (QED) is 0.0195. The maximum Gasteiger partial charge on any atom is 0.306 e. The van der Waals surface area contributed by atoms with Crippen molar-refractivity contribution in [2.24, 2.45) is 0 Å². The van der Waals surface area contributed by atoms with Crippen molar-refractivity contribution >= 4 is 11.9 Å². The molecule has 8 atom stereocenters. The highest BCUT2D eigenvalue weighted by Gasteiger charge is 2.47. The molecule has 1 fully saturated rings. The number of ether oxygens (including phenoxy) is 3. The van der Waals surface area contributed by atoms with Gasteiger partial charge in [0.2, 0.25) is 5.91 Å². The molecule has 1 aliphatic heterocycles. The van der Waals surface area contributed by atoms with Gasteiger partial charge in [-0.3, -0.25) is 9.59 Å². The summed E-state index contributed by atoms with van der Waals surface area (Å²) in [6.07, 6.45) is 60.8. The van der Waals surface area contributed by atoms with Crippen LogP contribution in [-0.4, -0.2) is 99.6 Å². The van der Waals surface area contributed by atoms with Gasteiger partial charge >= 0.3 is 5.97 Å². The number of aliphatic hydroxyl groups excluding tert-OH is 5. The highest BCUT2D eigenvalue weighted by Crippen LogP contribution is 2.26. The van der Waals surface area contributed by atoms with E-state index in [0.29, 0.717) is 19.3 Å². The number of amides is 1. The van der Waals surface area contributed by atoms with Gasteiger partial charge in [-0.05, 0) is 70.6 Å². The molecule has 6 N–H and O–H groups in total. The van der Waals surface area contributed by atoms with E-state index < -0.39 is 67.4 Å². The number of rotatable bonds is 55. The molecule has 1 aliphatic rings. The van der Waals surface area contributed by atoms with E-state index in [1.807, 2.05) is 6.08 Å². The summed E-state index contributed by atoms with van der Waals surface area (Å²) >= 11 is 0. The zero-order valence-electron chi connectivity index (χ0n) is 50.7. The van der Waals surface area contributed by atoms with Crippen LogP contribution in [0.15, 0.2) is 72.9 Å². The standard InChI is InChI=1S/C68H121NO10/c1-4-7-10-13-16-19-22-24-26-28-30-31-32-34-36-38-41-44-47-50-53-56-63(73)79-66-65(75)64(74)62(57-70)78-68(66)77-58-59(60(71)54-51-48-45-42-39-21-18-15-12-9-6-3)69-67(76)61(72)55-52-49-46-43-40-37-35-33-29-27-25-23-20-17-14-11-8-5-2/h7,10,16,19,24,26,30-31,34,36,51,54,59-62,64-66,68,70-72,74-75H,4-6,8-9,11-15,17-18,20-23,25,27-29,32-33,35,37-50,52-53,55-58H2,1-3H3,(H,69,76)/b10-7-,19-16-,26-24-,31-30-,36-34-,54-51+. The molecule has 0 spiro atoms. The minimum Gasteiger partial charge on any atom is -0.454 e. The van der Waals surface area contributed by atoms with Crippen molar-refractivity contribution in [1.82, 2.24) is 5.32 Å². The second-order valence-corrected chi connectivity index (χ2v) is 22.5. The SMILES string of the molecule is CC/C=C\C/C=C\C/C=C\C/C=C\C/C=C\CCCCCCCC(=O)OC1C(OCC(NC(=O)C(O)CCCCCCCCCCCCCCCCCCCC)C(O)/C=C/CCCCCCCCCCC)OC(CO)C(O)C1O. The summed E-state index contributed by atoms with van der Waals surface area (Å²) < 4.78 is 17.6. The number of aliphatic hydroxyl groups is 5. The third-order valence-corrected chi connectivity index (χ3v) is 15.1. The summed E-state index contributed by atoms with van der Waals surface area (Å²) in [5, 5.41) is 57.0. The molecular formula is C68H121NO10. The molecular weight excluding hydrogens is 991 g/mol. The van der Waals surface area contributed by atoms with Crippen LogP contribution in [0.1, 0.15) is 284 Å². The first-order valence-corrected chi connectivity index (χ1v) is 32.7. The molecule has 11 nitrogen and oxygen atoms in total. The minimum atomic E-state index is -1.62. The second-order valence-electron chi connectivity index (χ2n) is 22.5. The first kappa shape index (κ1) is 74.1. The van der Waals surface area contributed by atoms with Crippen molar-refractivity contribution in [3.05, 3.63) is 72.9 Å². The molecule has 0 bridgehead atoms. The maximum atomic E-state index is 13.4. The summed E-state index contributed by atoms with van der Waals surface area (Å²) in [5.74, 6) is -1.21. The van der Waals surface area contributed by atoms with Crippen molar-refractivity contribution in [3.63, 3.8) is 0 Å². The average molecular weight is 1110 g/mol. The second kappa shape index (κ2) is 55.6. The van der Waals surface area contributed by atoms with Crippen molar-refractivity contribution in [1.29, 1.82) is 0 Å². The Hall–Kier alpha value is -2.90. The Balaban J connectivity index is 2.64. The Morgan fingerprint density at radius 1 is 0.506 bits per heavy atom. The van der Waals surface area contributed by atoms with Crippen molar-refractivity contribution in [2.45, 2.75) is 333 Å². The van der Waals surface area contributed by atoms with Gasteiger partial charge in [0.25, 0.3) is 0 Å². The number of carbonyl (C=O) groups is 2. The molecule has 0 saturated carbocycles. The van der Waals surface area contributed by atoms with E-state index in [2.05, 4.69) is 86.8 Å². The molecule has 8 unspecified atom stereocenters. The molecule has 1 saturated heterocycles. The Labute approximate surface area is 483 Å². The first-order valence-electron chi connectivity index (χ1n) is 32.7. The fraction of sp³-hybridized carbons (Fsp3) is 0.794. The number of nitrogens with one attached hydrogen (secondary N) is 1. The van der Waals surface area contributed by atoms with Crippen LogP contribution in [0.5, 0.6) is 0 Å². The third kappa shape index (κ3) is 43.5. The molecule has 458 valence electrons. The third-order valence-electron chi connectivity index (χ3n) is 15.1. The molecule has 0 aliphatic carbocycles. The van der Waals surface area contributed by atoms with Crippen LogP contribution in [0.3, 0.4) is 0 Å². The number of hydrogen-bond acceptors (Lipinski definition) is 10. The Bertz CT molecular complexity index is 1560. The molecule has 0 aromatic heterocycles. The molecule has 1 heterocycles. The molecule has 1 rings (SSSR count). The smallest absolute Gasteiger partial charge is 0.306 e. The van der Waals surface area contributed by atoms with E-state index in [1.54, 1.807) is 6.08 Å². The van der Waals surface area contributed by atoms with Crippen LogP contribution in [0.4, 0.5) is 0 Å². The van der Waals surface area contributed by atoms with Crippen LogP contribution >= 0.6 is 0 Å². The summed E-state index contributed by atoms with van der Waals surface area (Å²) in [5.41, 5.74) is 0. The Morgan fingerprint density at radius 2 is 0.911 bits per heavy atom. The normalized spacial score (nSPS) is 19.3. The number of hydrogen-bond donors (Lipinski definition) is 6. The topological polar surface area (TPSA) is 175 Å². The number of unbranched alkanes of at least 4 members (excludes halogenated alkanes) is 31. The van der Waals surface area contributed by atoms with Crippen molar-refractivity contribution in [3.8, 4) is 0 Å². The molecule has 0 aromatic carbocycles. The van der Waals surface area contributed by atoms with Gasteiger partial charge in [-0.25, -0.2) is 0 Å². The zero-order valence-corrected chi connectivity index (χ0v) is 50.7. The monoisotopic (exact) mass is 1110 g/mol. The van der Waals surface area contributed by atoms with Crippen LogP contribution in [0, 0.1) is 0 Å². The average Bonchev–Trinajstić information content (AvgIpc) is 3.47. The molecule has 11 heteroatoms. The van der Waals surface area contributed by atoms with E-state index in [9.17, 15) is 35.1 Å². The maximum absolute atomic E-state index is 13.4. The van der Waals surface area contributed by atoms with Gasteiger partial charge in [0.1, 0.15) is 24.4 Å². The zero-order chi connectivity index (χ0) is 57.5. The highest BCUT2D eigenvalue weighted by molar-refractivity contribution is 5.80. The van der Waals surface area contributed by atoms with Crippen molar-refractivity contribution < 1.29 is 49.3 Å². The van der Waals surface area contributed by atoms with E-state index in [0.717, 1.165) is 103 Å². The minimum absolute atomic E-state index is 0.0999. The van der Waals surface area contributed by atoms with Crippen LogP contribution < -0.4 is 5.32 Å². The molecule has 79 heavy (non-hydrogen) atoms. The molecule has 0 aromatic rings. The van der Waals surface area contributed by atoms with Crippen molar-refractivity contribution in [2.75, 3.05) is 13.2 Å². The summed E-state index contributed by atoms with van der Waals surface area (Å²) in [6, 6.07) is -1.03. The lowest BCUT2D eigenvalue weighted by atomic mass is 9.99. The predicted molar refractivity (Wildman–Crippen MR) is 329 cm³/mol. The van der Waals surface area contributed by atoms with Crippen LogP contribution in [-0.2, 0) is 23.8 Å². The van der Waals surface area contributed by atoms with Crippen LogP contribution in [0.25, 0.3) is 0 Å². The number of carbonyl (C=O) groups excluding carboxylic acids is 2. The van der Waals surface area contributed by atoms with E-state index in [4.69, 9.17) is 14.2 Å². The van der Waals surface area contributed by atoms with E-state index >= 15 is 0 Å². The predicted octanol–water partition coefficient (Wildman–Crippen LogP) is 16.0. The fourth-order valence-electron chi connectivity index (χ4n) is 9.97. The van der Waals surface area contributed by atoms with Gasteiger partial charge in [-0.2, -0.15) is 0 Å². The summed E-state index contributed by atoms with van der Waals surface area (Å²) in [7, 11) is 0. The summed E-state index contributed by atoms with van der Waals surface area (Å²) in [6.45, 7) is 5.68. The van der Waals surface area contributed by atoms with Gasteiger partial charge in [-0.15, -0.1) is 0 Å². The number of allylic oxidation sites excluding steroid dienone is 11. The highest BCUT2D eigenvalue weighted by atomic mass is 16.7. The van der Waals surface area contributed by atoms with Gasteiger partial charge in [-0.1, -0.05) is 280 Å². The van der Waals surface area contributed by atoms with Gasteiger partial charge in [0.05, 0.1) is 25.4 Å². The number of esters is 1. The Kier molecular flexibility index (Phi) is 52.2. The summed E-state index contributed by atoms with van der Waals surface area (Å²) in [4.78, 5) is 26.6. The molecule has 0 radical (unpaired) electrons. The largest absolute Gasteiger partial charge is 0.454 e. The van der Waals surface area contributed by atoms with Gasteiger partial charge < -0.3 is 45.1 Å². The van der Waals surface area contributed by atoms with Crippen LogP contribution in [0.2, 0.25) is 0 Å². The van der Waals surface area contributed by atoms with Gasteiger partial charge in [0, 0.05) is 6.42 Å². The Morgan fingerprint density at radius 3 is 1.37 bits per heavy atom. The lowest BCUT2D eigenvalue weighted by Gasteiger charge is -2.41. The molecule has 1 amide bonds. The fourth-order valence-corrected chi connectivity index (χ4v) is 9.97.